The Morgan fingerprint density at radius 3 is 2.96 bits per heavy atom. The highest BCUT2D eigenvalue weighted by molar-refractivity contribution is 7.99. The van der Waals surface area contributed by atoms with Gasteiger partial charge in [-0.25, -0.2) is 0 Å². The minimum absolute atomic E-state index is 0.0375. The molecule has 2 aliphatic rings. The van der Waals surface area contributed by atoms with E-state index in [0.29, 0.717) is 38.6 Å². The summed E-state index contributed by atoms with van der Waals surface area (Å²) >= 11 is 1.64. The van der Waals surface area contributed by atoms with Gasteiger partial charge in [-0.3, -0.25) is 4.79 Å². The maximum Gasteiger partial charge on any atom is 0.221 e. The predicted molar refractivity (Wildman–Crippen MR) is 90.9 cm³/mol. The number of ether oxygens (including phenoxy) is 4. The number of thioether (sulfide) groups is 1. The summed E-state index contributed by atoms with van der Waals surface area (Å²) in [4.78, 5) is 13.2. The van der Waals surface area contributed by atoms with E-state index in [2.05, 4.69) is 5.32 Å². The van der Waals surface area contributed by atoms with Gasteiger partial charge in [-0.2, -0.15) is 0 Å². The molecule has 0 saturated carbocycles. The van der Waals surface area contributed by atoms with Gasteiger partial charge in [-0.1, -0.05) is 0 Å². The zero-order valence-electron chi connectivity index (χ0n) is 13.8. The van der Waals surface area contributed by atoms with Crippen LogP contribution in [-0.4, -0.2) is 57.3 Å². The molecular formula is C17H23NO5S. The third kappa shape index (κ3) is 4.55. The fraction of sp³-hybridized carbons (Fsp3) is 0.588. The summed E-state index contributed by atoms with van der Waals surface area (Å²) < 4.78 is 21.8. The summed E-state index contributed by atoms with van der Waals surface area (Å²) in [6.07, 6.45) is 1.19. The van der Waals surface area contributed by atoms with E-state index < -0.39 is 0 Å². The molecular weight excluding hydrogens is 330 g/mol. The highest BCUT2D eigenvalue weighted by Crippen LogP contribution is 2.34. The highest BCUT2D eigenvalue weighted by atomic mass is 32.2. The summed E-state index contributed by atoms with van der Waals surface area (Å²) in [6.45, 7) is 2.37. The molecule has 0 unspecified atom stereocenters. The fourth-order valence-corrected chi connectivity index (χ4v) is 3.64. The maximum absolute atomic E-state index is 12.1. The molecule has 0 aromatic heterocycles. The maximum atomic E-state index is 12.1. The molecule has 1 N–H and O–H groups in total. The molecule has 132 valence electrons. The third-order valence-electron chi connectivity index (χ3n) is 4.06. The number of carbonyl (C=O) groups is 1. The van der Waals surface area contributed by atoms with Gasteiger partial charge < -0.3 is 24.3 Å². The Hall–Kier alpha value is -1.44. The van der Waals surface area contributed by atoms with E-state index in [-0.39, 0.29) is 18.1 Å². The van der Waals surface area contributed by atoms with Crippen LogP contribution in [0.5, 0.6) is 11.5 Å². The monoisotopic (exact) mass is 353 g/mol. The lowest BCUT2D eigenvalue weighted by Crippen LogP contribution is -2.49. The first-order valence-corrected chi connectivity index (χ1v) is 9.17. The number of carbonyl (C=O) groups excluding carboxylic acids is 1. The van der Waals surface area contributed by atoms with E-state index in [1.807, 2.05) is 18.2 Å². The van der Waals surface area contributed by atoms with Crippen LogP contribution in [0.2, 0.25) is 0 Å². The molecule has 0 spiro atoms. The molecule has 3 rings (SSSR count). The van der Waals surface area contributed by atoms with Crippen LogP contribution in [0.25, 0.3) is 0 Å². The number of nitrogens with one attached hydrogen (secondary N) is 1. The number of fused-ring (bicyclic) bond motifs is 1. The lowest BCUT2D eigenvalue weighted by molar-refractivity contribution is -0.124. The Morgan fingerprint density at radius 1 is 1.29 bits per heavy atom. The van der Waals surface area contributed by atoms with E-state index in [1.54, 1.807) is 18.9 Å². The average Bonchev–Trinajstić information content (AvgIpc) is 2.62. The van der Waals surface area contributed by atoms with Crippen molar-refractivity contribution in [1.82, 2.24) is 5.32 Å². The molecule has 0 radical (unpaired) electrons. The van der Waals surface area contributed by atoms with Crippen LogP contribution >= 0.6 is 11.8 Å². The van der Waals surface area contributed by atoms with Crippen LogP contribution in [0.3, 0.4) is 0 Å². The predicted octanol–water partition coefficient (Wildman–Crippen LogP) is 1.86. The van der Waals surface area contributed by atoms with Gasteiger partial charge in [0.1, 0.15) is 19.3 Å². The van der Waals surface area contributed by atoms with Gasteiger partial charge in [0.05, 0.1) is 12.6 Å². The summed E-state index contributed by atoms with van der Waals surface area (Å²) in [5.41, 5.74) is 0. The van der Waals surface area contributed by atoms with Crippen molar-refractivity contribution in [3.05, 3.63) is 18.2 Å². The molecule has 6 nitrogen and oxygen atoms in total. The van der Waals surface area contributed by atoms with Crippen molar-refractivity contribution in [2.75, 3.05) is 39.3 Å². The molecule has 1 aromatic carbocycles. The van der Waals surface area contributed by atoms with Crippen molar-refractivity contribution >= 4 is 17.7 Å². The lowest BCUT2D eigenvalue weighted by atomic mass is 10.1. The highest BCUT2D eigenvalue weighted by Gasteiger charge is 2.26. The second-order valence-electron chi connectivity index (χ2n) is 5.72. The van der Waals surface area contributed by atoms with Crippen molar-refractivity contribution < 1.29 is 23.7 Å². The lowest BCUT2D eigenvalue weighted by Gasteiger charge is -2.31. The Morgan fingerprint density at radius 2 is 2.12 bits per heavy atom. The third-order valence-corrected chi connectivity index (χ3v) is 5.06. The van der Waals surface area contributed by atoms with Crippen molar-refractivity contribution in [1.29, 1.82) is 0 Å². The molecule has 24 heavy (non-hydrogen) atoms. The number of hydrogen-bond acceptors (Lipinski definition) is 6. The Balaban J connectivity index is 1.43. The first kappa shape index (κ1) is 17.4. The van der Waals surface area contributed by atoms with Gasteiger partial charge >= 0.3 is 0 Å². The summed E-state index contributed by atoms with van der Waals surface area (Å²) in [6, 6.07) is 5.92. The fourth-order valence-electron chi connectivity index (χ4n) is 2.76. The quantitative estimate of drug-likeness (QED) is 0.788. The topological polar surface area (TPSA) is 66.0 Å². The van der Waals surface area contributed by atoms with Gasteiger partial charge in [-0.05, 0) is 24.6 Å². The van der Waals surface area contributed by atoms with Gasteiger partial charge in [0.25, 0.3) is 0 Å². The number of hydrogen-bond donors (Lipinski definition) is 1. The number of methoxy groups -OCH3 is 1. The molecule has 0 bridgehead atoms. The first-order chi connectivity index (χ1) is 11.8. The number of rotatable bonds is 6. The van der Waals surface area contributed by atoms with Gasteiger partial charge in [0.2, 0.25) is 5.91 Å². The second kappa shape index (κ2) is 8.60. The molecule has 2 aliphatic heterocycles. The van der Waals surface area contributed by atoms with Crippen molar-refractivity contribution in [2.24, 2.45) is 0 Å². The smallest absolute Gasteiger partial charge is 0.221 e. The van der Waals surface area contributed by atoms with Crippen LogP contribution in [-0.2, 0) is 14.3 Å². The van der Waals surface area contributed by atoms with Crippen molar-refractivity contribution in [2.45, 2.75) is 29.9 Å². The van der Waals surface area contributed by atoms with Gasteiger partial charge in [0, 0.05) is 30.8 Å². The molecule has 2 heterocycles. The van der Waals surface area contributed by atoms with E-state index >= 15 is 0 Å². The van der Waals surface area contributed by atoms with Gasteiger partial charge in [0.15, 0.2) is 11.5 Å². The Bertz CT molecular complexity index is 568. The van der Waals surface area contributed by atoms with E-state index in [4.69, 9.17) is 18.9 Å². The minimum Gasteiger partial charge on any atom is -0.486 e. The standard InChI is InChI=1S/C17H23NO5S/c1-20-16-11-21-6-4-13(16)18-17(19)5-9-24-12-2-3-14-15(10-12)23-8-7-22-14/h2-3,10,13,16H,4-9,11H2,1H3,(H,18,19)/t13-,16-/m1/s1. The minimum atomic E-state index is -0.0619. The van der Waals surface area contributed by atoms with E-state index in [0.717, 1.165) is 22.8 Å². The van der Waals surface area contributed by atoms with Crippen LogP contribution < -0.4 is 14.8 Å². The Labute approximate surface area is 146 Å². The molecule has 2 atom stereocenters. The number of amides is 1. The average molecular weight is 353 g/mol. The largest absolute Gasteiger partial charge is 0.486 e. The van der Waals surface area contributed by atoms with Crippen LogP contribution in [0.1, 0.15) is 12.8 Å². The van der Waals surface area contributed by atoms with E-state index in [1.165, 1.54) is 0 Å². The van der Waals surface area contributed by atoms with Crippen molar-refractivity contribution in [3.8, 4) is 11.5 Å². The summed E-state index contributed by atoms with van der Waals surface area (Å²) in [5.74, 6) is 2.33. The molecule has 1 saturated heterocycles. The first-order valence-electron chi connectivity index (χ1n) is 8.18. The molecule has 1 fully saturated rings. The van der Waals surface area contributed by atoms with Crippen LogP contribution in [0.4, 0.5) is 0 Å². The van der Waals surface area contributed by atoms with Crippen LogP contribution in [0, 0.1) is 0 Å². The van der Waals surface area contributed by atoms with Crippen molar-refractivity contribution in [3.63, 3.8) is 0 Å². The Kier molecular flexibility index (Phi) is 6.23. The van der Waals surface area contributed by atoms with Gasteiger partial charge in [-0.15, -0.1) is 11.8 Å². The van der Waals surface area contributed by atoms with Crippen LogP contribution in [0.15, 0.2) is 23.1 Å². The molecule has 0 aliphatic carbocycles. The zero-order valence-corrected chi connectivity index (χ0v) is 14.6. The number of benzene rings is 1. The molecule has 1 aromatic rings. The second-order valence-corrected chi connectivity index (χ2v) is 6.88. The normalized spacial score (nSPS) is 22.9. The zero-order chi connectivity index (χ0) is 16.8. The summed E-state index contributed by atoms with van der Waals surface area (Å²) in [7, 11) is 1.65. The van der Waals surface area contributed by atoms with E-state index in [9.17, 15) is 4.79 Å². The SMILES string of the molecule is CO[C@@H]1COCC[C@H]1NC(=O)CCSc1ccc2c(c1)OCCO2. The summed E-state index contributed by atoms with van der Waals surface area (Å²) in [5, 5.41) is 3.05. The molecule has 1 amide bonds. The molecule has 7 heteroatoms.